The average molecular weight is 377 g/mol. The molecule has 0 amide bonds. The van der Waals surface area contributed by atoms with Gasteiger partial charge in [0.15, 0.2) is 0 Å². The summed E-state index contributed by atoms with van der Waals surface area (Å²) in [6, 6.07) is 13.9. The maximum atomic E-state index is 5.89. The van der Waals surface area contributed by atoms with Gasteiger partial charge in [0.25, 0.3) is 0 Å². The van der Waals surface area contributed by atoms with Gasteiger partial charge < -0.3 is 15.0 Å². The predicted octanol–water partition coefficient (Wildman–Crippen LogP) is 4.39. The normalized spacial score (nSPS) is 10.8. The van der Waals surface area contributed by atoms with E-state index in [2.05, 4.69) is 25.2 Å². The second kappa shape index (κ2) is 9.17. The monoisotopic (exact) mass is 377 g/mol. The van der Waals surface area contributed by atoms with E-state index in [9.17, 15) is 0 Å². The number of para-hydroxylation sites is 2. The fourth-order valence-electron chi connectivity index (χ4n) is 2.84. The van der Waals surface area contributed by atoms with Crippen molar-refractivity contribution in [1.82, 2.24) is 15.0 Å². The number of aromatic nitrogens is 3. The molecule has 0 atom stereocenters. The summed E-state index contributed by atoms with van der Waals surface area (Å²) in [5.41, 5.74) is 2.14. The molecule has 0 aliphatic heterocycles. The Kier molecular flexibility index (Phi) is 6.42. The number of hydrogen-bond donors (Lipinski definition) is 1. The van der Waals surface area contributed by atoms with Crippen LogP contribution in [0.2, 0.25) is 0 Å². The van der Waals surface area contributed by atoms with Gasteiger partial charge in [0.2, 0.25) is 0 Å². The quantitative estimate of drug-likeness (QED) is 0.628. The lowest BCUT2D eigenvalue weighted by molar-refractivity contribution is 0.244. The van der Waals surface area contributed by atoms with Crippen LogP contribution in [0.25, 0.3) is 0 Å². The molecule has 2 heterocycles. The summed E-state index contributed by atoms with van der Waals surface area (Å²) >= 11 is 0. The molecular weight excluding hydrogens is 350 g/mol. The van der Waals surface area contributed by atoms with Crippen LogP contribution < -0.4 is 15.0 Å². The maximum Gasteiger partial charge on any atom is 0.143 e. The minimum atomic E-state index is 0.102. The van der Waals surface area contributed by atoms with Crippen LogP contribution >= 0.6 is 0 Å². The van der Waals surface area contributed by atoms with Crippen molar-refractivity contribution in [3.63, 3.8) is 0 Å². The topological polar surface area (TPSA) is 63.2 Å². The van der Waals surface area contributed by atoms with E-state index in [1.54, 1.807) is 0 Å². The van der Waals surface area contributed by atoms with E-state index in [-0.39, 0.29) is 6.10 Å². The van der Waals surface area contributed by atoms with E-state index >= 15 is 0 Å². The number of aryl methyl sites for hydroxylation is 1. The van der Waals surface area contributed by atoms with Gasteiger partial charge in [-0.15, -0.1) is 0 Å². The lowest BCUT2D eigenvalue weighted by Gasteiger charge is -2.20. The fourth-order valence-corrected chi connectivity index (χ4v) is 2.84. The number of benzene rings is 1. The molecule has 28 heavy (non-hydrogen) atoms. The van der Waals surface area contributed by atoms with Gasteiger partial charge in [-0.05, 0) is 57.0 Å². The highest BCUT2D eigenvalue weighted by Crippen LogP contribution is 2.28. The number of nitrogens with zero attached hydrogens (tertiary/aromatic N) is 4. The van der Waals surface area contributed by atoms with Crippen molar-refractivity contribution in [3.05, 3.63) is 66.2 Å². The van der Waals surface area contributed by atoms with E-state index in [4.69, 9.17) is 4.74 Å². The highest BCUT2D eigenvalue weighted by atomic mass is 16.5. The Balaban J connectivity index is 1.74. The second-order valence-electron chi connectivity index (χ2n) is 6.97. The number of rotatable bonds is 8. The highest BCUT2D eigenvalue weighted by Gasteiger charge is 2.10. The van der Waals surface area contributed by atoms with E-state index in [1.165, 1.54) is 5.56 Å². The van der Waals surface area contributed by atoms with Crippen molar-refractivity contribution in [2.75, 3.05) is 23.8 Å². The van der Waals surface area contributed by atoms with Crippen LogP contribution in [0.15, 0.2) is 54.9 Å². The van der Waals surface area contributed by atoms with Gasteiger partial charge in [-0.3, -0.25) is 4.98 Å². The Morgan fingerprint density at radius 3 is 2.57 bits per heavy atom. The van der Waals surface area contributed by atoms with Crippen molar-refractivity contribution in [1.29, 1.82) is 0 Å². The molecule has 0 bridgehead atoms. The molecule has 2 aromatic heterocycles. The maximum absolute atomic E-state index is 5.89. The van der Waals surface area contributed by atoms with Crippen LogP contribution in [-0.4, -0.2) is 34.6 Å². The third-order valence-corrected chi connectivity index (χ3v) is 4.21. The second-order valence-corrected chi connectivity index (χ2v) is 6.97. The molecule has 6 nitrogen and oxygen atoms in total. The van der Waals surface area contributed by atoms with Crippen LogP contribution in [0.4, 0.5) is 17.3 Å². The van der Waals surface area contributed by atoms with Crippen molar-refractivity contribution in [2.45, 2.75) is 33.3 Å². The van der Waals surface area contributed by atoms with E-state index < -0.39 is 0 Å². The summed E-state index contributed by atoms with van der Waals surface area (Å²) in [6.45, 7) is 6.79. The average Bonchev–Trinajstić information content (AvgIpc) is 2.67. The molecule has 3 aromatic rings. The van der Waals surface area contributed by atoms with Gasteiger partial charge in [0, 0.05) is 32.1 Å². The van der Waals surface area contributed by atoms with Crippen LogP contribution in [0.3, 0.4) is 0 Å². The minimum absolute atomic E-state index is 0.102. The molecule has 0 fully saturated rings. The largest absolute Gasteiger partial charge is 0.489 e. The van der Waals surface area contributed by atoms with E-state index in [1.807, 2.05) is 82.7 Å². The molecular formula is C22H27N5O. The lowest BCUT2D eigenvalue weighted by Crippen LogP contribution is -2.22. The molecule has 0 spiro atoms. The summed E-state index contributed by atoms with van der Waals surface area (Å²) in [5.74, 6) is 3.16. The lowest BCUT2D eigenvalue weighted by atomic mass is 10.2. The summed E-state index contributed by atoms with van der Waals surface area (Å²) in [4.78, 5) is 15.3. The van der Waals surface area contributed by atoms with Crippen LogP contribution in [-0.2, 0) is 6.42 Å². The zero-order chi connectivity index (χ0) is 19.9. The van der Waals surface area contributed by atoms with Gasteiger partial charge in [-0.25, -0.2) is 9.97 Å². The third-order valence-electron chi connectivity index (χ3n) is 4.21. The zero-order valence-corrected chi connectivity index (χ0v) is 16.9. The molecule has 0 aliphatic rings. The molecule has 0 unspecified atom stereocenters. The fraction of sp³-hybridized carbons (Fsp3) is 0.318. The van der Waals surface area contributed by atoms with Crippen molar-refractivity contribution >= 4 is 17.3 Å². The molecule has 1 N–H and O–H groups in total. The number of hydrogen-bond acceptors (Lipinski definition) is 6. The van der Waals surface area contributed by atoms with Crippen LogP contribution in [0.5, 0.6) is 5.75 Å². The summed E-state index contributed by atoms with van der Waals surface area (Å²) in [5, 5.41) is 3.38. The minimum Gasteiger partial charge on any atom is -0.489 e. The van der Waals surface area contributed by atoms with Crippen LogP contribution in [0.1, 0.15) is 25.2 Å². The van der Waals surface area contributed by atoms with Crippen molar-refractivity contribution < 1.29 is 4.74 Å². The molecule has 0 saturated carbocycles. The smallest absolute Gasteiger partial charge is 0.143 e. The Morgan fingerprint density at radius 1 is 1.07 bits per heavy atom. The Bertz CT molecular complexity index is 898. The molecule has 1 aromatic carbocycles. The first-order chi connectivity index (χ1) is 13.5. The van der Waals surface area contributed by atoms with Crippen LogP contribution in [0, 0.1) is 6.92 Å². The molecule has 0 saturated heterocycles. The zero-order valence-electron chi connectivity index (χ0n) is 16.9. The first kappa shape index (κ1) is 19.6. The van der Waals surface area contributed by atoms with Crippen molar-refractivity contribution in [3.8, 4) is 5.75 Å². The van der Waals surface area contributed by atoms with Gasteiger partial charge in [-0.1, -0.05) is 12.1 Å². The van der Waals surface area contributed by atoms with Gasteiger partial charge in [-0.2, -0.15) is 0 Å². The van der Waals surface area contributed by atoms with Crippen molar-refractivity contribution in [2.24, 2.45) is 0 Å². The Labute approximate surface area is 166 Å². The summed E-state index contributed by atoms with van der Waals surface area (Å²) < 4.78 is 5.89. The molecule has 0 aliphatic carbocycles. The SMILES string of the molecule is Cc1nc(Nc2ccccc2OC(C)C)cc(N(C)CCc2ccncc2)n1. The number of pyridine rings is 1. The third kappa shape index (κ3) is 5.42. The summed E-state index contributed by atoms with van der Waals surface area (Å²) in [7, 11) is 2.04. The van der Waals surface area contributed by atoms with Gasteiger partial charge >= 0.3 is 0 Å². The van der Waals surface area contributed by atoms with Gasteiger partial charge in [0.1, 0.15) is 23.2 Å². The molecule has 146 valence electrons. The number of anilines is 3. The number of nitrogens with one attached hydrogen (secondary N) is 1. The standard InChI is InChI=1S/C22H27N5O/c1-16(2)28-20-8-6-5-7-19(20)26-21-15-22(25-17(3)24-21)27(4)14-11-18-9-12-23-13-10-18/h5-10,12-13,15-16H,11,14H2,1-4H3,(H,24,25,26). The number of likely N-dealkylation sites (N-methyl/N-ethyl adjacent to an activating group) is 1. The summed E-state index contributed by atoms with van der Waals surface area (Å²) in [6.07, 6.45) is 4.67. The van der Waals surface area contributed by atoms with Gasteiger partial charge in [0.05, 0.1) is 11.8 Å². The first-order valence-electron chi connectivity index (χ1n) is 9.49. The first-order valence-corrected chi connectivity index (χ1v) is 9.49. The Hall–Kier alpha value is -3.15. The predicted molar refractivity (Wildman–Crippen MR) is 113 cm³/mol. The molecule has 3 rings (SSSR count). The Morgan fingerprint density at radius 2 is 1.82 bits per heavy atom. The highest BCUT2D eigenvalue weighted by molar-refractivity contribution is 5.65. The molecule has 6 heteroatoms. The number of ether oxygens (including phenoxy) is 1. The molecule has 0 radical (unpaired) electrons. The van der Waals surface area contributed by atoms with E-state index in [0.717, 1.165) is 41.9 Å². The van der Waals surface area contributed by atoms with E-state index in [0.29, 0.717) is 0 Å².